The van der Waals surface area contributed by atoms with Gasteiger partial charge < -0.3 is 9.80 Å². The molecule has 0 aliphatic heterocycles. The summed E-state index contributed by atoms with van der Waals surface area (Å²) in [5.41, 5.74) is 1.25. The number of benzene rings is 2. The molecule has 0 unspecified atom stereocenters. The summed E-state index contributed by atoms with van der Waals surface area (Å²) < 4.78 is 13.9. The van der Waals surface area contributed by atoms with Crippen LogP contribution in [0.25, 0.3) is 0 Å². The van der Waals surface area contributed by atoms with Gasteiger partial charge in [-0.1, -0.05) is 42.5 Å². The number of carbonyl (C=O) groups excluding carboxylic acids is 2. The Balaban J connectivity index is 2.02. The number of nitrogens with zero attached hydrogens (tertiary/aromatic N) is 2. The lowest BCUT2D eigenvalue weighted by atomic mass is 10.2. The Morgan fingerprint density at radius 1 is 1.00 bits per heavy atom. The summed E-state index contributed by atoms with van der Waals surface area (Å²) in [6.07, 6.45) is 0.147. The molecule has 2 aromatic carbocycles. The number of para-hydroxylation sites is 1. The Hall–Kier alpha value is -2.69. The van der Waals surface area contributed by atoms with Crippen molar-refractivity contribution in [1.29, 1.82) is 0 Å². The Morgan fingerprint density at radius 2 is 1.64 bits per heavy atom. The van der Waals surface area contributed by atoms with Crippen molar-refractivity contribution in [2.24, 2.45) is 0 Å². The van der Waals surface area contributed by atoms with Crippen LogP contribution in [0.2, 0.25) is 0 Å². The zero-order valence-electron chi connectivity index (χ0n) is 14.6. The average Bonchev–Trinajstić information content (AvgIpc) is 2.61. The first-order valence-corrected chi connectivity index (χ1v) is 8.37. The highest BCUT2D eigenvalue weighted by Crippen LogP contribution is 2.19. The third kappa shape index (κ3) is 5.14. The van der Waals surface area contributed by atoms with E-state index < -0.39 is 5.82 Å². The van der Waals surface area contributed by atoms with Crippen LogP contribution in [0.15, 0.2) is 54.6 Å². The number of hydrogen-bond donors (Lipinski definition) is 0. The molecule has 2 amide bonds. The van der Waals surface area contributed by atoms with Crippen LogP contribution in [0.4, 0.5) is 10.1 Å². The Morgan fingerprint density at radius 3 is 2.24 bits per heavy atom. The van der Waals surface area contributed by atoms with Crippen LogP contribution < -0.4 is 4.90 Å². The molecule has 0 saturated heterocycles. The van der Waals surface area contributed by atoms with Crippen molar-refractivity contribution in [2.75, 3.05) is 18.0 Å². The van der Waals surface area contributed by atoms with Gasteiger partial charge in [-0.3, -0.25) is 9.59 Å². The van der Waals surface area contributed by atoms with Crippen molar-refractivity contribution in [3.8, 4) is 0 Å². The molecule has 5 heteroatoms. The van der Waals surface area contributed by atoms with E-state index in [2.05, 4.69) is 0 Å². The molecule has 0 saturated carbocycles. The van der Waals surface area contributed by atoms with Crippen molar-refractivity contribution in [3.63, 3.8) is 0 Å². The molecule has 0 spiro atoms. The third-order valence-corrected chi connectivity index (χ3v) is 4.02. The number of rotatable bonds is 7. The first kappa shape index (κ1) is 18.6. The molecule has 0 aromatic heterocycles. The summed E-state index contributed by atoms with van der Waals surface area (Å²) in [4.78, 5) is 27.4. The van der Waals surface area contributed by atoms with E-state index in [-0.39, 0.29) is 30.5 Å². The lowest BCUT2D eigenvalue weighted by Crippen LogP contribution is -2.36. The molecule has 0 fully saturated rings. The molecule has 4 nitrogen and oxygen atoms in total. The molecule has 2 rings (SSSR count). The summed E-state index contributed by atoms with van der Waals surface area (Å²) in [6.45, 7) is 4.54. The minimum Gasteiger partial charge on any atom is -0.339 e. The standard InChI is InChI=1S/C20H23FN2O2/c1-3-22(15-17-9-5-4-6-10-17)20(25)13-14-23(16(2)24)19-12-8-7-11-18(19)21/h4-12H,3,13-15H2,1-2H3. The summed E-state index contributed by atoms with van der Waals surface area (Å²) in [5.74, 6) is -0.820. The van der Waals surface area contributed by atoms with Gasteiger partial charge in [0.25, 0.3) is 0 Å². The number of amides is 2. The van der Waals surface area contributed by atoms with Crippen molar-refractivity contribution in [1.82, 2.24) is 4.90 Å². The third-order valence-electron chi connectivity index (χ3n) is 4.02. The number of hydrogen-bond acceptors (Lipinski definition) is 2. The highest BCUT2D eigenvalue weighted by atomic mass is 19.1. The highest BCUT2D eigenvalue weighted by molar-refractivity contribution is 5.92. The molecule has 0 N–H and O–H groups in total. The van der Waals surface area contributed by atoms with Crippen LogP contribution in [0.3, 0.4) is 0 Å². The number of halogens is 1. The molecule has 0 radical (unpaired) electrons. The van der Waals surface area contributed by atoms with Crippen LogP contribution >= 0.6 is 0 Å². The normalized spacial score (nSPS) is 10.4. The second kappa shape index (κ2) is 8.97. The van der Waals surface area contributed by atoms with E-state index in [1.165, 1.54) is 17.9 Å². The van der Waals surface area contributed by atoms with Gasteiger partial charge in [-0.05, 0) is 24.6 Å². The lowest BCUT2D eigenvalue weighted by molar-refractivity contribution is -0.131. The molecule has 132 valence electrons. The summed E-state index contributed by atoms with van der Waals surface area (Å²) >= 11 is 0. The second-order valence-electron chi connectivity index (χ2n) is 5.77. The van der Waals surface area contributed by atoms with Gasteiger partial charge in [0.05, 0.1) is 5.69 Å². The summed E-state index contributed by atoms with van der Waals surface area (Å²) in [5, 5.41) is 0. The van der Waals surface area contributed by atoms with E-state index >= 15 is 0 Å². The average molecular weight is 342 g/mol. The second-order valence-corrected chi connectivity index (χ2v) is 5.77. The molecule has 0 bridgehead atoms. The van der Waals surface area contributed by atoms with Crippen LogP contribution in [0.1, 0.15) is 25.8 Å². The van der Waals surface area contributed by atoms with Gasteiger partial charge in [0.15, 0.2) is 0 Å². The maximum Gasteiger partial charge on any atom is 0.224 e. The molecular formula is C20H23FN2O2. The van der Waals surface area contributed by atoms with Crippen LogP contribution in [0.5, 0.6) is 0 Å². The van der Waals surface area contributed by atoms with Gasteiger partial charge in [-0.25, -0.2) is 4.39 Å². The quantitative estimate of drug-likeness (QED) is 0.771. The first-order valence-electron chi connectivity index (χ1n) is 8.37. The maximum absolute atomic E-state index is 13.9. The molecule has 25 heavy (non-hydrogen) atoms. The number of carbonyl (C=O) groups is 2. The van der Waals surface area contributed by atoms with Gasteiger partial charge in [-0.2, -0.15) is 0 Å². The Labute approximate surface area is 147 Å². The van der Waals surface area contributed by atoms with Gasteiger partial charge >= 0.3 is 0 Å². The summed E-state index contributed by atoms with van der Waals surface area (Å²) in [6, 6.07) is 15.8. The van der Waals surface area contributed by atoms with Gasteiger partial charge in [0.1, 0.15) is 5.82 Å². The molecule has 0 heterocycles. The summed E-state index contributed by atoms with van der Waals surface area (Å²) in [7, 11) is 0. The molecule has 2 aromatic rings. The molecule has 0 atom stereocenters. The molecular weight excluding hydrogens is 319 g/mol. The first-order chi connectivity index (χ1) is 12.0. The zero-order chi connectivity index (χ0) is 18.2. The highest BCUT2D eigenvalue weighted by Gasteiger charge is 2.19. The SMILES string of the molecule is CCN(Cc1ccccc1)C(=O)CCN(C(C)=O)c1ccccc1F. The van der Waals surface area contributed by atoms with E-state index in [1.54, 1.807) is 23.1 Å². The van der Waals surface area contributed by atoms with E-state index in [4.69, 9.17) is 0 Å². The van der Waals surface area contributed by atoms with Gasteiger partial charge in [0, 0.05) is 33.0 Å². The minimum atomic E-state index is -0.471. The monoisotopic (exact) mass is 342 g/mol. The van der Waals surface area contributed by atoms with Crippen molar-refractivity contribution >= 4 is 17.5 Å². The smallest absolute Gasteiger partial charge is 0.224 e. The van der Waals surface area contributed by atoms with E-state index in [9.17, 15) is 14.0 Å². The molecule has 0 aliphatic rings. The predicted octanol–water partition coefficient (Wildman–Crippen LogP) is 3.62. The van der Waals surface area contributed by atoms with E-state index in [1.807, 2.05) is 37.3 Å². The maximum atomic E-state index is 13.9. The van der Waals surface area contributed by atoms with Crippen molar-refractivity contribution in [3.05, 3.63) is 66.0 Å². The fraction of sp³-hybridized carbons (Fsp3) is 0.300. The predicted molar refractivity (Wildman–Crippen MR) is 96.6 cm³/mol. The zero-order valence-corrected chi connectivity index (χ0v) is 14.6. The lowest BCUT2D eigenvalue weighted by Gasteiger charge is -2.25. The Kier molecular flexibility index (Phi) is 6.69. The van der Waals surface area contributed by atoms with Crippen LogP contribution in [-0.2, 0) is 16.1 Å². The van der Waals surface area contributed by atoms with Crippen LogP contribution in [-0.4, -0.2) is 29.8 Å². The molecule has 0 aliphatic carbocycles. The van der Waals surface area contributed by atoms with E-state index in [0.717, 1.165) is 5.56 Å². The fourth-order valence-corrected chi connectivity index (χ4v) is 2.66. The fourth-order valence-electron chi connectivity index (χ4n) is 2.66. The Bertz CT molecular complexity index is 719. The largest absolute Gasteiger partial charge is 0.339 e. The van der Waals surface area contributed by atoms with E-state index in [0.29, 0.717) is 13.1 Å². The topological polar surface area (TPSA) is 40.6 Å². The van der Waals surface area contributed by atoms with Gasteiger partial charge in [-0.15, -0.1) is 0 Å². The van der Waals surface area contributed by atoms with Crippen LogP contribution in [0, 0.1) is 5.82 Å². The van der Waals surface area contributed by atoms with Crippen molar-refractivity contribution < 1.29 is 14.0 Å². The van der Waals surface area contributed by atoms with Crippen molar-refractivity contribution in [2.45, 2.75) is 26.8 Å². The van der Waals surface area contributed by atoms with Gasteiger partial charge in [0.2, 0.25) is 11.8 Å². The number of anilines is 1. The minimum absolute atomic E-state index is 0.0612.